The van der Waals surface area contributed by atoms with Crippen LogP contribution in [0.3, 0.4) is 0 Å². The van der Waals surface area contributed by atoms with Gasteiger partial charge in [0, 0.05) is 18.0 Å². The number of rotatable bonds is 4. The molecule has 0 fully saturated rings. The summed E-state index contributed by atoms with van der Waals surface area (Å²) in [7, 11) is 1.56. The van der Waals surface area contributed by atoms with Gasteiger partial charge in [-0.25, -0.2) is 4.79 Å². The van der Waals surface area contributed by atoms with Crippen LogP contribution in [-0.2, 0) is 6.54 Å². The maximum Gasteiger partial charge on any atom is 0.337 e. The molecule has 0 aliphatic carbocycles. The first kappa shape index (κ1) is 12.7. The first-order valence-corrected chi connectivity index (χ1v) is 5.60. The van der Waals surface area contributed by atoms with Gasteiger partial charge in [0.2, 0.25) is 0 Å². The molecule has 96 valence electrons. The number of carboxylic acid groups (broad SMARTS) is 1. The quantitative estimate of drug-likeness (QED) is 0.909. The van der Waals surface area contributed by atoms with Crippen LogP contribution >= 0.6 is 0 Å². The van der Waals surface area contributed by atoms with E-state index in [1.54, 1.807) is 42.3 Å². The molecule has 2 aromatic rings. The van der Waals surface area contributed by atoms with Gasteiger partial charge in [0.25, 0.3) is 0 Å². The molecule has 1 aromatic carbocycles. The van der Waals surface area contributed by atoms with E-state index in [4.69, 9.17) is 15.1 Å². The summed E-state index contributed by atoms with van der Waals surface area (Å²) in [6, 6.07) is 8.75. The highest BCUT2D eigenvalue weighted by molar-refractivity contribution is 5.87. The zero-order valence-corrected chi connectivity index (χ0v) is 10.3. The molecule has 0 aliphatic rings. The Morgan fingerprint density at radius 3 is 2.84 bits per heavy atom. The predicted octanol–water partition coefficient (Wildman–Crippen LogP) is 2.11. The number of methoxy groups -OCH3 is 1. The maximum absolute atomic E-state index is 10.8. The van der Waals surface area contributed by atoms with Gasteiger partial charge in [-0.15, -0.1) is 0 Å². The first-order chi connectivity index (χ1) is 9.13. The highest BCUT2D eigenvalue weighted by atomic mass is 16.5. The molecule has 1 heterocycles. The third-order valence-electron chi connectivity index (χ3n) is 2.76. The topological polar surface area (TPSA) is 75.2 Å². The number of carbonyl (C=O) groups is 1. The Bertz CT molecular complexity index is 653. The van der Waals surface area contributed by atoms with Crippen molar-refractivity contribution in [2.24, 2.45) is 0 Å². The fourth-order valence-corrected chi connectivity index (χ4v) is 1.83. The molecule has 0 bridgehead atoms. The molecule has 0 aliphatic heterocycles. The largest absolute Gasteiger partial charge is 0.496 e. The van der Waals surface area contributed by atoms with Crippen molar-refractivity contribution in [1.82, 2.24) is 4.57 Å². The number of hydrogen-bond acceptors (Lipinski definition) is 3. The number of ether oxygens (including phenoxy) is 1. The maximum atomic E-state index is 10.8. The number of aromatic nitrogens is 1. The van der Waals surface area contributed by atoms with Crippen molar-refractivity contribution in [2.75, 3.05) is 7.11 Å². The molecule has 0 saturated heterocycles. The van der Waals surface area contributed by atoms with Gasteiger partial charge in [-0.05, 0) is 24.3 Å². The zero-order valence-electron chi connectivity index (χ0n) is 10.3. The van der Waals surface area contributed by atoms with E-state index in [1.165, 1.54) is 6.07 Å². The van der Waals surface area contributed by atoms with Gasteiger partial charge in [-0.2, -0.15) is 5.26 Å². The van der Waals surface area contributed by atoms with E-state index < -0.39 is 5.97 Å². The summed E-state index contributed by atoms with van der Waals surface area (Å²) >= 11 is 0. The summed E-state index contributed by atoms with van der Waals surface area (Å²) < 4.78 is 6.97. The zero-order chi connectivity index (χ0) is 13.8. The number of hydrogen-bond donors (Lipinski definition) is 1. The van der Waals surface area contributed by atoms with Crippen LogP contribution in [-0.4, -0.2) is 22.8 Å². The van der Waals surface area contributed by atoms with Gasteiger partial charge < -0.3 is 14.4 Å². The number of carboxylic acids is 1. The SMILES string of the molecule is COc1ccc(C#N)cc1Cn1ccc(C(=O)O)c1. The smallest absolute Gasteiger partial charge is 0.337 e. The van der Waals surface area contributed by atoms with Crippen LogP contribution in [0.15, 0.2) is 36.7 Å². The lowest BCUT2D eigenvalue weighted by molar-refractivity contribution is 0.0697. The van der Waals surface area contributed by atoms with Crippen molar-refractivity contribution in [3.8, 4) is 11.8 Å². The van der Waals surface area contributed by atoms with Crippen LogP contribution in [0, 0.1) is 11.3 Å². The van der Waals surface area contributed by atoms with Gasteiger partial charge in [0.15, 0.2) is 0 Å². The highest BCUT2D eigenvalue weighted by Gasteiger charge is 2.08. The lowest BCUT2D eigenvalue weighted by Gasteiger charge is -2.09. The molecule has 0 spiro atoms. The number of aromatic carboxylic acids is 1. The minimum atomic E-state index is -0.962. The fourth-order valence-electron chi connectivity index (χ4n) is 1.83. The molecule has 0 atom stereocenters. The lowest BCUT2D eigenvalue weighted by Crippen LogP contribution is -2.01. The van der Waals surface area contributed by atoms with Crippen LogP contribution in [0.25, 0.3) is 0 Å². The van der Waals surface area contributed by atoms with Gasteiger partial charge in [0.05, 0.1) is 30.9 Å². The van der Waals surface area contributed by atoms with Crippen molar-refractivity contribution < 1.29 is 14.6 Å². The summed E-state index contributed by atoms with van der Waals surface area (Å²) in [5, 5.41) is 17.8. The lowest BCUT2D eigenvalue weighted by atomic mass is 10.1. The van der Waals surface area contributed by atoms with Crippen molar-refractivity contribution in [3.63, 3.8) is 0 Å². The molecule has 0 unspecified atom stereocenters. The Kier molecular flexibility index (Phi) is 3.53. The van der Waals surface area contributed by atoms with E-state index >= 15 is 0 Å². The summed E-state index contributed by atoms with van der Waals surface area (Å²) in [6.45, 7) is 0.450. The Hall–Kier alpha value is -2.74. The van der Waals surface area contributed by atoms with Crippen molar-refractivity contribution in [2.45, 2.75) is 6.54 Å². The minimum Gasteiger partial charge on any atom is -0.496 e. The number of benzene rings is 1. The molecular weight excluding hydrogens is 244 g/mol. The van der Waals surface area contributed by atoms with Crippen LogP contribution < -0.4 is 4.74 Å². The van der Waals surface area contributed by atoms with Gasteiger partial charge >= 0.3 is 5.97 Å². The van der Waals surface area contributed by atoms with E-state index in [1.807, 2.05) is 0 Å². The van der Waals surface area contributed by atoms with Crippen LogP contribution in [0.2, 0.25) is 0 Å². The van der Waals surface area contributed by atoms with E-state index in [0.29, 0.717) is 17.9 Å². The number of nitriles is 1. The average molecular weight is 256 g/mol. The Labute approximate surface area is 110 Å². The first-order valence-electron chi connectivity index (χ1n) is 5.60. The van der Waals surface area contributed by atoms with Gasteiger partial charge in [-0.3, -0.25) is 0 Å². The molecular formula is C14H12N2O3. The molecule has 2 rings (SSSR count). The van der Waals surface area contributed by atoms with Gasteiger partial charge in [-0.1, -0.05) is 0 Å². The van der Waals surface area contributed by atoms with Crippen molar-refractivity contribution in [3.05, 3.63) is 53.3 Å². The Balaban J connectivity index is 2.31. The second-order valence-corrected chi connectivity index (χ2v) is 4.02. The monoisotopic (exact) mass is 256 g/mol. The fraction of sp³-hybridized carbons (Fsp3) is 0.143. The van der Waals surface area contributed by atoms with Crippen LogP contribution in [0.5, 0.6) is 5.75 Å². The third kappa shape index (κ3) is 2.75. The second-order valence-electron chi connectivity index (χ2n) is 4.02. The van der Waals surface area contributed by atoms with Crippen molar-refractivity contribution in [1.29, 1.82) is 5.26 Å². The summed E-state index contributed by atoms with van der Waals surface area (Å²) in [5.74, 6) is -0.291. The Morgan fingerprint density at radius 2 is 2.26 bits per heavy atom. The summed E-state index contributed by atoms with van der Waals surface area (Å²) in [4.78, 5) is 10.8. The average Bonchev–Trinajstić information content (AvgIpc) is 2.87. The molecule has 1 N–H and O–H groups in total. The van der Waals surface area contributed by atoms with E-state index in [2.05, 4.69) is 6.07 Å². The van der Waals surface area contributed by atoms with E-state index in [9.17, 15) is 4.79 Å². The minimum absolute atomic E-state index is 0.232. The van der Waals surface area contributed by atoms with Crippen LogP contribution in [0.1, 0.15) is 21.5 Å². The molecule has 19 heavy (non-hydrogen) atoms. The second kappa shape index (κ2) is 5.27. The summed E-state index contributed by atoms with van der Waals surface area (Å²) in [6.07, 6.45) is 3.22. The molecule has 0 amide bonds. The Morgan fingerprint density at radius 1 is 1.47 bits per heavy atom. The summed E-state index contributed by atoms with van der Waals surface area (Å²) in [5.41, 5.74) is 1.60. The molecule has 1 aromatic heterocycles. The third-order valence-corrected chi connectivity index (χ3v) is 2.76. The normalized spacial score (nSPS) is 9.89. The molecule has 0 radical (unpaired) electrons. The van der Waals surface area contributed by atoms with E-state index in [0.717, 1.165) is 5.56 Å². The highest BCUT2D eigenvalue weighted by Crippen LogP contribution is 2.21. The molecule has 5 heteroatoms. The van der Waals surface area contributed by atoms with Gasteiger partial charge in [0.1, 0.15) is 5.75 Å². The van der Waals surface area contributed by atoms with E-state index in [-0.39, 0.29) is 5.56 Å². The van der Waals surface area contributed by atoms with Crippen molar-refractivity contribution >= 4 is 5.97 Å². The standard InChI is InChI=1S/C14H12N2O3/c1-19-13-3-2-10(7-15)6-12(13)9-16-5-4-11(8-16)14(17)18/h2-6,8H,9H2,1H3,(H,17,18). The predicted molar refractivity (Wildman–Crippen MR) is 68.2 cm³/mol. The number of nitrogens with zero attached hydrogens (tertiary/aromatic N) is 2. The van der Waals surface area contributed by atoms with Crippen LogP contribution in [0.4, 0.5) is 0 Å². The molecule has 0 saturated carbocycles. The molecule has 5 nitrogen and oxygen atoms in total.